The average Bonchev–Trinajstić information content (AvgIpc) is 2.73. The minimum Gasteiger partial charge on any atom is -0.317 e. The molecule has 0 aromatic carbocycles. The summed E-state index contributed by atoms with van der Waals surface area (Å²) in [5.41, 5.74) is 6.87. The molecular formula is C7H10N6S. The molecule has 0 saturated heterocycles. The summed E-state index contributed by atoms with van der Waals surface area (Å²) in [4.78, 5) is 5.02. The minimum atomic E-state index is -0.289. The molecule has 2 rings (SSSR count). The van der Waals surface area contributed by atoms with Gasteiger partial charge in [-0.05, 0) is 18.5 Å². The van der Waals surface area contributed by atoms with E-state index in [1.165, 1.54) is 17.9 Å². The molecule has 0 bridgehead atoms. The lowest BCUT2D eigenvalue weighted by atomic mass is 10.2. The number of nitrogens with two attached hydrogens (primary N) is 1. The first kappa shape index (κ1) is 9.22. The van der Waals surface area contributed by atoms with E-state index in [9.17, 15) is 0 Å². The van der Waals surface area contributed by atoms with Gasteiger partial charge in [0.2, 0.25) is 0 Å². The van der Waals surface area contributed by atoms with Crippen LogP contribution in [0.1, 0.15) is 22.4 Å². The Morgan fingerprint density at radius 3 is 2.86 bits per heavy atom. The van der Waals surface area contributed by atoms with Gasteiger partial charge in [-0.2, -0.15) is 5.10 Å². The lowest BCUT2D eigenvalue weighted by Crippen LogP contribution is -2.16. The Hall–Kier alpha value is -1.34. The smallest absolute Gasteiger partial charge is 0.149 e. The zero-order valence-electron chi connectivity index (χ0n) is 7.88. The van der Waals surface area contributed by atoms with E-state index < -0.39 is 0 Å². The maximum Gasteiger partial charge on any atom is 0.149 e. The summed E-state index contributed by atoms with van der Waals surface area (Å²) in [5, 5.41) is 7.87. The van der Waals surface area contributed by atoms with Crippen LogP contribution >= 0.6 is 11.5 Å². The molecule has 1 atom stereocenters. The molecule has 2 N–H and O–H groups in total. The van der Waals surface area contributed by atoms with E-state index in [0.29, 0.717) is 0 Å². The molecule has 0 saturated carbocycles. The van der Waals surface area contributed by atoms with Crippen molar-refractivity contribution >= 4 is 11.5 Å². The van der Waals surface area contributed by atoms with Crippen molar-refractivity contribution in [1.82, 2.24) is 24.4 Å². The van der Waals surface area contributed by atoms with Gasteiger partial charge in [-0.25, -0.2) is 4.98 Å². The number of nitrogens with zero attached hydrogens (tertiary/aromatic N) is 5. The molecule has 0 amide bonds. The molecule has 0 aliphatic rings. The molecule has 0 aliphatic heterocycles. The standard InChI is InChI=1S/C7H10N6S/c1-4-6(14-12-11-4)5(8)7-9-3-10-13(7)2/h3,5H,8H2,1-2H3. The van der Waals surface area contributed by atoms with Crippen LogP contribution in [-0.2, 0) is 7.05 Å². The fraction of sp³-hybridized carbons (Fsp3) is 0.429. The van der Waals surface area contributed by atoms with Crippen molar-refractivity contribution in [3.8, 4) is 0 Å². The van der Waals surface area contributed by atoms with Crippen molar-refractivity contribution in [2.75, 3.05) is 0 Å². The van der Waals surface area contributed by atoms with E-state index in [4.69, 9.17) is 5.73 Å². The van der Waals surface area contributed by atoms with Gasteiger partial charge in [0.15, 0.2) is 0 Å². The van der Waals surface area contributed by atoms with Gasteiger partial charge in [-0.15, -0.1) is 5.10 Å². The lowest BCUT2D eigenvalue weighted by Gasteiger charge is -2.07. The highest BCUT2D eigenvalue weighted by molar-refractivity contribution is 7.05. The molecule has 0 spiro atoms. The van der Waals surface area contributed by atoms with Crippen LogP contribution in [0.15, 0.2) is 6.33 Å². The molecule has 14 heavy (non-hydrogen) atoms. The van der Waals surface area contributed by atoms with Gasteiger partial charge in [0.25, 0.3) is 0 Å². The summed E-state index contributed by atoms with van der Waals surface area (Å²) in [5.74, 6) is 0.721. The summed E-state index contributed by atoms with van der Waals surface area (Å²) in [6.07, 6.45) is 1.49. The summed E-state index contributed by atoms with van der Waals surface area (Å²) in [6.45, 7) is 1.88. The number of rotatable bonds is 2. The first-order valence-electron chi connectivity index (χ1n) is 4.08. The topological polar surface area (TPSA) is 82.5 Å². The van der Waals surface area contributed by atoms with Gasteiger partial charge >= 0.3 is 0 Å². The van der Waals surface area contributed by atoms with Crippen LogP contribution < -0.4 is 5.73 Å². The van der Waals surface area contributed by atoms with Crippen LogP contribution in [0.2, 0.25) is 0 Å². The van der Waals surface area contributed by atoms with Gasteiger partial charge in [0.05, 0.1) is 10.6 Å². The average molecular weight is 210 g/mol. The highest BCUT2D eigenvalue weighted by Crippen LogP contribution is 2.21. The first-order chi connectivity index (χ1) is 6.70. The van der Waals surface area contributed by atoms with E-state index in [0.717, 1.165) is 16.4 Å². The van der Waals surface area contributed by atoms with E-state index in [1.807, 2.05) is 14.0 Å². The van der Waals surface area contributed by atoms with Gasteiger partial charge < -0.3 is 5.73 Å². The Morgan fingerprint density at radius 2 is 2.36 bits per heavy atom. The predicted octanol–water partition coefficient (Wildman–Crippen LogP) is 0.0231. The lowest BCUT2D eigenvalue weighted by molar-refractivity contribution is 0.662. The third-order valence-corrected chi connectivity index (χ3v) is 2.90. The number of aromatic nitrogens is 5. The Kier molecular flexibility index (Phi) is 2.26. The Balaban J connectivity index is 2.38. The van der Waals surface area contributed by atoms with Crippen LogP contribution in [0, 0.1) is 6.92 Å². The molecular weight excluding hydrogens is 200 g/mol. The number of hydrogen-bond donors (Lipinski definition) is 1. The molecule has 2 heterocycles. The zero-order valence-corrected chi connectivity index (χ0v) is 8.69. The van der Waals surface area contributed by atoms with Crippen LogP contribution in [0.25, 0.3) is 0 Å². The fourth-order valence-electron chi connectivity index (χ4n) is 1.23. The summed E-state index contributed by atoms with van der Waals surface area (Å²) < 4.78 is 5.49. The van der Waals surface area contributed by atoms with Crippen molar-refractivity contribution in [1.29, 1.82) is 0 Å². The third kappa shape index (κ3) is 1.40. The third-order valence-electron chi connectivity index (χ3n) is 1.99. The van der Waals surface area contributed by atoms with Crippen molar-refractivity contribution in [2.24, 2.45) is 12.8 Å². The Bertz CT molecular complexity index is 393. The molecule has 0 aliphatic carbocycles. The molecule has 1 unspecified atom stereocenters. The number of hydrogen-bond acceptors (Lipinski definition) is 6. The second-order valence-corrected chi connectivity index (χ2v) is 3.73. The SMILES string of the molecule is Cc1nnsc1C(N)c1ncnn1C. The Labute approximate surface area is 84.9 Å². The molecule has 2 aromatic rings. The van der Waals surface area contributed by atoms with E-state index in [1.54, 1.807) is 4.68 Å². The fourth-order valence-corrected chi connectivity index (χ4v) is 1.87. The predicted molar refractivity (Wildman–Crippen MR) is 51.7 cm³/mol. The monoisotopic (exact) mass is 210 g/mol. The second kappa shape index (κ2) is 3.43. The molecule has 7 heteroatoms. The van der Waals surface area contributed by atoms with Crippen LogP contribution in [0.5, 0.6) is 0 Å². The Morgan fingerprint density at radius 1 is 1.57 bits per heavy atom. The first-order valence-corrected chi connectivity index (χ1v) is 4.86. The normalized spacial score (nSPS) is 13.1. The summed E-state index contributed by atoms with van der Waals surface area (Å²) >= 11 is 1.30. The molecule has 0 radical (unpaired) electrons. The maximum absolute atomic E-state index is 6.01. The highest BCUT2D eigenvalue weighted by Gasteiger charge is 2.18. The molecule has 6 nitrogen and oxygen atoms in total. The summed E-state index contributed by atoms with van der Waals surface area (Å²) in [7, 11) is 1.81. The van der Waals surface area contributed by atoms with Gasteiger partial charge in [0.1, 0.15) is 18.2 Å². The van der Waals surface area contributed by atoms with Crippen LogP contribution in [0.4, 0.5) is 0 Å². The largest absolute Gasteiger partial charge is 0.317 e. The van der Waals surface area contributed by atoms with E-state index in [-0.39, 0.29) is 6.04 Å². The second-order valence-electron chi connectivity index (χ2n) is 2.94. The number of aryl methyl sites for hydroxylation is 2. The molecule has 74 valence electrons. The minimum absolute atomic E-state index is 0.289. The quantitative estimate of drug-likeness (QED) is 0.755. The summed E-state index contributed by atoms with van der Waals surface area (Å²) in [6, 6.07) is -0.289. The van der Waals surface area contributed by atoms with Gasteiger partial charge in [-0.3, -0.25) is 4.68 Å². The van der Waals surface area contributed by atoms with E-state index in [2.05, 4.69) is 19.7 Å². The zero-order chi connectivity index (χ0) is 10.1. The maximum atomic E-state index is 6.01. The van der Waals surface area contributed by atoms with Gasteiger partial charge in [-0.1, -0.05) is 4.49 Å². The van der Waals surface area contributed by atoms with Crippen molar-refractivity contribution in [2.45, 2.75) is 13.0 Å². The molecule has 2 aromatic heterocycles. The van der Waals surface area contributed by atoms with E-state index >= 15 is 0 Å². The van der Waals surface area contributed by atoms with Gasteiger partial charge in [0, 0.05) is 7.05 Å². The van der Waals surface area contributed by atoms with Crippen molar-refractivity contribution in [3.63, 3.8) is 0 Å². The van der Waals surface area contributed by atoms with Crippen molar-refractivity contribution in [3.05, 3.63) is 22.7 Å². The van der Waals surface area contributed by atoms with Crippen LogP contribution in [0.3, 0.4) is 0 Å². The van der Waals surface area contributed by atoms with Crippen LogP contribution in [-0.4, -0.2) is 24.4 Å². The van der Waals surface area contributed by atoms with Crippen molar-refractivity contribution < 1.29 is 0 Å². The molecule has 0 fully saturated rings. The highest BCUT2D eigenvalue weighted by atomic mass is 32.1.